The van der Waals surface area contributed by atoms with Gasteiger partial charge in [0.1, 0.15) is 0 Å². The largest absolute Gasteiger partial charge is 0.384 e. The third-order valence-corrected chi connectivity index (χ3v) is 4.66. The topological polar surface area (TPSA) is 24.5 Å². The molecule has 0 aromatic heterocycles. The molecular formula is C17H36N2O. The van der Waals surface area contributed by atoms with Gasteiger partial charge in [0.25, 0.3) is 0 Å². The van der Waals surface area contributed by atoms with Gasteiger partial charge in [-0.25, -0.2) is 0 Å². The van der Waals surface area contributed by atoms with E-state index in [2.05, 4.69) is 31.0 Å². The molecule has 1 fully saturated rings. The lowest BCUT2D eigenvalue weighted by Crippen LogP contribution is -2.52. The van der Waals surface area contributed by atoms with Crippen LogP contribution in [0.15, 0.2) is 0 Å². The number of nitrogens with one attached hydrogen (secondary N) is 1. The maximum Gasteiger partial charge on any atom is 0.0491 e. The second-order valence-corrected chi connectivity index (χ2v) is 6.26. The van der Waals surface area contributed by atoms with Crippen molar-refractivity contribution in [1.82, 2.24) is 10.2 Å². The van der Waals surface area contributed by atoms with Crippen LogP contribution < -0.4 is 5.32 Å². The Morgan fingerprint density at radius 2 is 1.85 bits per heavy atom. The first-order chi connectivity index (χ1) is 9.76. The molecule has 1 saturated heterocycles. The van der Waals surface area contributed by atoms with E-state index in [4.69, 9.17) is 4.74 Å². The zero-order chi connectivity index (χ0) is 14.8. The van der Waals surface area contributed by atoms with E-state index in [1.807, 2.05) is 7.11 Å². The summed E-state index contributed by atoms with van der Waals surface area (Å²) in [6.45, 7) is 11.5. The van der Waals surface area contributed by atoms with E-state index in [-0.39, 0.29) is 0 Å². The highest BCUT2D eigenvalue weighted by Gasteiger charge is 2.28. The second kappa shape index (κ2) is 10.6. The van der Waals surface area contributed by atoms with E-state index in [9.17, 15) is 0 Å². The van der Waals surface area contributed by atoms with Gasteiger partial charge < -0.3 is 10.1 Å². The molecule has 1 heterocycles. The van der Waals surface area contributed by atoms with Gasteiger partial charge >= 0.3 is 0 Å². The van der Waals surface area contributed by atoms with E-state index in [1.165, 1.54) is 51.6 Å². The summed E-state index contributed by atoms with van der Waals surface area (Å²) < 4.78 is 5.31. The lowest BCUT2D eigenvalue weighted by atomic mass is 9.92. The molecule has 0 bridgehead atoms. The Kier molecular flexibility index (Phi) is 9.49. The third-order valence-electron chi connectivity index (χ3n) is 4.66. The molecule has 120 valence electrons. The van der Waals surface area contributed by atoms with Gasteiger partial charge in [0.15, 0.2) is 0 Å². The van der Waals surface area contributed by atoms with E-state index >= 15 is 0 Å². The van der Waals surface area contributed by atoms with Gasteiger partial charge in [-0.3, -0.25) is 4.90 Å². The first-order valence-corrected chi connectivity index (χ1v) is 8.73. The number of hydrogen-bond acceptors (Lipinski definition) is 3. The van der Waals surface area contributed by atoms with Gasteiger partial charge in [0, 0.05) is 25.8 Å². The van der Waals surface area contributed by atoms with Gasteiger partial charge in [-0.1, -0.05) is 27.2 Å². The number of hydrogen-bond donors (Lipinski definition) is 1. The van der Waals surface area contributed by atoms with Crippen LogP contribution in [0.1, 0.15) is 59.3 Å². The second-order valence-electron chi connectivity index (χ2n) is 6.26. The quantitative estimate of drug-likeness (QED) is 0.666. The van der Waals surface area contributed by atoms with Crippen molar-refractivity contribution in [1.29, 1.82) is 0 Å². The highest BCUT2D eigenvalue weighted by molar-refractivity contribution is 4.86. The molecule has 0 aromatic rings. The number of rotatable bonds is 10. The fourth-order valence-corrected chi connectivity index (χ4v) is 3.56. The predicted octanol–water partition coefficient (Wildman–Crippen LogP) is 3.29. The SMILES string of the molecule is CCCNC(CCC)C(CC)N1CCC(COC)CC1. The van der Waals surface area contributed by atoms with Crippen LogP contribution in [0.4, 0.5) is 0 Å². The van der Waals surface area contributed by atoms with E-state index in [0.29, 0.717) is 12.1 Å². The summed E-state index contributed by atoms with van der Waals surface area (Å²) in [6, 6.07) is 1.38. The summed E-state index contributed by atoms with van der Waals surface area (Å²) in [5, 5.41) is 3.79. The van der Waals surface area contributed by atoms with Crippen LogP contribution in [0, 0.1) is 5.92 Å². The maximum atomic E-state index is 5.31. The van der Waals surface area contributed by atoms with Crippen molar-refractivity contribution in [2.45, 2.75) is 71.4 Å². The van der Waals surface area contributed by atoms with Crippen molar-refractivity contribution < 1.29 is 4.74 Å². The Hall–Kier alpha value is -0.120. The van der Waals surface area contributed by atoms with E-state index in [1.54, 1.807) is 0 Å². The molecular weight excluding hydrogens is 248 g/mol. The zero-order valence-electron chi connectivity index (χ0n) is 14.2. The summed E-state index contributed by atoms with van der Waals surface area (Å²) in [7, 11) is 1.83. The molecule has 1 rings (SSSR count). The molecule has 3 nitrogen and oxygen atoms in total. The average molecular weight is 284 g/mol. The standard InChI is InChI=1S/C17H36N2O/c1-5-8-16(18-11-6-2)17(7-3)19-12-9-15(10-13-19)14-20-4/h15-18H,5-14H2,1-4H3. The fraction of sp³-hybridized carbons (Fsp3) is 1.00. The minimum atomic E-state index is 0.670. The monoisotopic (exact) mass is 284 g/mol. The highest BCUT2D eigenvalue weighted by atomic mass is 16.5. The number of ether oxygens (including phenoxy) is 1. The summed E-state index contributed by atoms with van der Waals surface area (Å²) in [6.07, 6.45) is 7.67. The molecule has 2 atom stereocenters. The van der Waals surface area contributed by atoms with Crippen molar-refractivity contribution in [3.63, 3.8) is 0 Å². The molecule has 0 radical (unpaired) electrons. The van der Waals surface area contributed by atoms with Crippen LogP contribution in [-0.2, 0) is 4.74 Å². The van der Waals surface area contributed by atoms with Crippen molar-refractivity contribution in [3.8, 4) is 0 Å². The van der Waals surface area contributed by atoms with Crippen LogP contribution in [0.2, 0.25) is 0 Å². The van der Waals surface area contributed by atoms with Crippen LogP contribution in [-0.4, -0.2) is 50.3 Å². The Bertz CT molecular complexity index is 227. The molecule has 3 heteroatoms. The van der Waals surface area contributed by atoms with Crippen LogP contribution >= 0.6 is 0 Å². The zero-order valence-corrected chi connectivity index (χ0v) is 14.2. The Morgan fingerprint density at radius 1 is 1.15 bits per heavy atom. The van der Waals surface area contributed by atoms with Crippen molar-refractivity contribution >= 4 is 0 Å². The normalized spacial score (nSPS) is 21.0. The Balaban J connectivity index is 2.50. The summed E-state index contributed by atoms with van der Waals surface area (Å²) in [5.74, 6) is 0.780. The Labute approximate surface area is 126 Å². The van der Waals surface area contributed by atoms with Gasteiger partial charge in [-0.05, 0) is 57.7 Å². The lowest BCUT2D eigenvalue weighted by Gasteiger charge is -2.41. The molecule has 1 aliphatic heterocycles. The summed E-state index contributed by atoms with van der Waals surface area (Å²) in [5.41, 5.74) is 0. The molecule has 0 spiro atoms. The number of likely N-dealkylation sites (tertiary alicyclic amines) is 1. The first-order valence-electron chi connectivity index (χ1n) is 8.73. The number of methoxy groups -OCH3 is 1. The summed E-state index contributed by atoms with van der Waals surface area (Å²) in [4.78, 5) is 2.73. The maximum absolute atomic E-state index is 5.31. The van der Waals surface area contributed by atoms with Crippen molar-refractivity contribution in [2.24, 2.45) is 5.92 Å². The molecule has 0 saturated carbocycles. The Morgan fingerprint density at radius 3 is 2.35 bits per heavy atom. The molecule has 2 unspecified atom stereocenters. The van der Waals surface area contributed by atoms with Gasteiger partial charge in [0.2, 0.25) is 0 Å². The van der Waals surface area contributed by atoms with Gasteiger partial charge in [-0.2, -0.15) is 0 Å². The van der Waals surface area contributed by atoms with Crippen molar-refractivity contribution in [3.05, 3.63) is 0 Å². The predicted molar refractivity (Wildman–Crippen MR) is 87.2 cm³/mol. The summed E-state index contributed by atoms with van der Waals surface area (Å²) >= 11 is 0. The first kappa shape index (κ1) is 17.9. The van der Waals surface area contributed by atoms with Crippen LogP contribution in [0.5, 0.6) is 0 Å². The highest BCUT2D eigenvalue weighted by Crippen LogP contribution is 2.23. The number of nitrogens with zero attached hydrogens (tertiary/aromatic N) is 1. The molecule has 20 heavy (non-hydrogen) atoms. The van der Waals surface area contributed by atoms with Gasteiger partial charge in [-0.15, -0.1) is 0 Å². The number of piperidine rings is 1. The minimum Gasteiger partial charge on any atom is -0.384 e. The van der Waals surface area contributed by atoms with E-state index in [0.717, 1.165) is 19.1 Å². The lowest BCUT2D eigenvalue weighted by molar-refractivity contribution is 0.0650. The molecule has 0 aliphatic carbocycles. The molecule has 0 aromatic carbocycles. The fourth-order valence-electron chi connectivity index (χ4n) is 3.56. The molecule has 1 aliphatic rings. The average Bonchev–Trinajstić information content (AvgIpc) is 2.47. The third kappa shape index (κ3) is 5.71. The van der Waals surface area contributed by atoms with Crippen LogP contribution in [0.25, 0.3) is 0 Å². The molecule has 1 N–H and O–H groups in total. The van der Waals surface area contributed by atoms with Crippen LogP contribution in [0.3, 0.4) is 0 Å². The minimum absolute atomic E-state index is 0.670. The van der Waals surface area contributed by atoms with Crippen molar-refractivity contribution in [2.75, 3.05) is 33.4 Å². The van der Waals surface area contributed by atoms with Gasteiger partial charge in [0.05, 0.1) is 0 Å². The molecule has 0 amide bonds. The smallest absolute Gasteiger partial charge is 0.0491 e. The van der Waals surface area contributed by atoms with E-state index < -0.39 is 0 Å².